The smallest absolute Gasteiger partial charge is 0.369 e. The minimum Gasteiger partial charge on any atom is -0.507 e. The first kappa shape index (κ1) is 25.1. The quantitative estimate of drug-likeness (QED) is 0.163. The van der Waals surface area contributed by atoms with E-state index in [0.717, 1.165) is 0 Å². The molecule has 1 amide bonds. The number of aliphatic hydroxyl groups excluding tert-OH is 1. The van der Waals surface area contributed by atoms with Crippen LogP contribution in [0.5, 0.6) is 5.75 Å². The number of para-hydroxylation sites is 1. The van der Waals surface area contributed by atoms with Crippen LogP contribution in [0.1, 0.15) is 15.9 Å². The molecule has 2 rings (SSSR count). The third kappa shape index (κ3) is 6.19. The Morgan fingerprint density at radius 3 is 2.26 bits per heavy atom. The molecule has 0 radical (unpaired) electrons. The molecule has 0 aliphatic rings. The van der Waals surface area contributed by atoms with Crippen molar-refractivity contribution in [3.8, 4) is 5.75 Å². The molecule has 170 valence electrons. The van der Waals surface area contributed by atoms with Gasteiger partial charge in [0.1, 0.15) is 11.9 Å². The Morgan fingerprint density at radius 1 is 1.06 bits per heavy atom. The van der Waals surface area contributed by atoms with Crippen molar-refractivity contribution < 1.29 is 53.4 Å². The topological polar surface area (TPSA) is 209 Å². The van der Waals surface area contributed by atoms with Crippen molar-refractivity contribution in [3.05, 3.63) is 59.9 Å². The van der Waals surface area contributed by atoms with Crippen LogP contribution in [0.2, 0.25) is 0 Å². The molecule has 0 spiro atoms. The number of amides is 1. The molecule has 1 unspecified atom stereocenters. The molecule has 1 heterocycles. The van der Waals surface area contributed by atoms with E-state index in [-0.39, 0.29) is 30.0 Å². The van der Waals surface area contributed by atoms with Gasteiger partial charge in [0.25, 0.3) is 11.0 Å². The lowest BCUT2D eigenvalue weighted by Gasteiger charge is -2.28. The number of aromatic hydroxyl groups is 1. The number of hydrogen-bond donors (Lipinski definition) is 8. The van der Waals surface area contributed by atoms with E-state index < -0.39 is 38.7 Å². The van der Waals surface area contributed by atoms with Crippen LogP contribution in [0.3, 0.4) is 0 Å². The summed E-state index contributed by atoms with van der Waals surface area (Å²) in [6.07, 6.45) is 0.552. The number of benzene rings is 1. The highest BCUT2D eigenvalue weighted by atomic mass is 31.2. The summed E-state index contributed by atoms with van der Waals surface area (Å²) in [5.74, 6) is -0.830. The van der Waals surface area contributed by atoms with Crippen LogP contribution in [-0.4, -0.2) is 58.5 Å². The van der Waals surface area contributed by atoms with Gasteiger partial charge in [-0.25, -0.2) is 4.57 Å². The van der Waals surface area contributed by atoms with Gasteiger partial charge < -0.3 is 40.2 Å². The van der Waals surface area contributed by atoms with Crippen molar-refractivity contribution in [1.29, 1.82) is 0 Å². The number of carbonyl (C=O) groups excluding carboxylic acids is 1. The average molecular weight is 477 g/mol. The summed E-state index contributed by atoms with van der Waals surface area (Å²) in [7, 11) is -11.2. The molecule has 1 aromatic carbocycles. The number of phenols is 1. The number of aromatic nitrogens is 1. The van der Waals surface area contributed by atoms with Gasteiger partial charge in [0, 0.05) is 18.1 Å². The van der Waals surface area contributed by atoms with Crippen LogP contribution < -0.4 is 9.88 Å². The summed E-state index contributed by atoms with van der Waals surface area (Å²) in [5.41, 5.74) is 0.0144. The van der Waals surface area contributed by atoms with E-state index in [4.69, 9.17) is 0 Å². The van der Waals surface area contributed by atoms with Gasteiger partial charge in [-0.05, 0) is 18.2 Å². The lowest BCUT2D eigenvalue weighted by atomic mass is 10.2. The van der Waals surface area contributed by atoms with Gasteiger partial charge in [-0.1, -0.05) is 12.1 Å². The maximum absolute atomic E-state index is 12.1. The first-order valence-electron chi connectivity index (χ1n) is 8.80. The molecule has 12 nitrogen and oxygen atoms in total. The Labute approximate surface area is 176 Å². The van der Waals surface area contributed by atoms with E-state index in [0.29, 0.717) is 0 Å². The van der Waals surface area contributed by atoms with Crippen molar-refractivity contribution in [2.75, 3.05) is 6.54 Å². The molecular weight excluding hydrogens is 454 g/mol. The van der Waals surface area contributed by atoms with Gasteiger partial charge >= 0.3 is 15.2 Å². The zero-order valence-corrected chi connectivity index (χ0v) is 17.8. The number of nitrogens with one attached hydrogen (secondary N) is 1. The molecule has 0 saturated carbocycles. The molecule has 0 aliphatic carbocycles. The Kier molecular flexibility index (Phi) is 7.75. The molecule has 0 saturated heterocycles. The van der Waals surface area contributed by atoms with Crippen molar-refractivity contribution in [2.45, 2.75) is 24.2 Å². The second-order valence-electron chi connectivity index (χ2n) is 6.83. The molecule has 1 aromatic heterocycles. The minimum absolute atomic E-state index is 0.0120. The maximum atomic E-state index is 12.1. The first-order valence-corrected chi connectivity index (χ1v) is 12.0. The number of aliphatic hydroxyl groups is 2. The van der Waals surface area contributed by atoms with Crippen molar-refractivity contribution in [3.63, 3.8) is 0 Å². The van der Waals surface area contributed by atoms with E-state index in [2.05, 4.69) is 5.32 Å². The summed E-state index contributed by atoms with van der Waals surface area (Å²) in [4.78, 5) is 49.0. The SMILES string of the molecule is O=C(NCC(O)C[n+]1cccc(CC(O)(P(=O)(O)O)P(=O)(O)O)c1)c1ccccc1O. The van der Waals surface area contributed by atoms with Crippen LogP contribution >= 0.6 is 15.2 Å². The molecule has 2 aromatic rings. The van der Waals surface area contributed by atoms with Crippen LogP contribution in [0, 0.1) is 0 Å². The normalized spacial score (nSPS) is 13.6. The molecule has 1 atom stereocenters. The van der Waals surface area contributed by atoms with E-state index in [1.807, 2.05) is 0 Å². The fourth-order valence-corrected chi connectivity index (χ4v) is 4.86. The fourth-order valence-electron chi connectivity index (χ4n) is 2.72. The van der Waals surface area contributed by atoms with Gasteiger partial charge in [-0.3, -0.25) is 13.9 Å². The molecular formula is C17H23N2O10P2+. The van der Waals surface area contributed by atoms with E-state index in [9.17, 15) is 48.8 Å². The van der Waals surface area contributed by atoms with Crippen LogP contribution in [0.15, 0.2) is 48.8 Å². The molecule has 0 fully saturated rings. The number of hydrogen-bond acceptors (Lipinski definition) is 6. The van der Waals surface area contributed by atoms with Crippen LogP contribution in [0.4, 0.5) is 0 Å². The summed E-state index contributed by atoms with van der Waals surface area (Å²) in [5, 5.41) is 28.7. The van der Waals surface area contributed by atoms with Gasteiger partial charge in [0.15, 0.2) is 18.9 Å². The van der Waals surface area contributed by atoms with Crippen LogP contribution in [0.25, 0.3) is 0 Å². The zero-order chi connectivity index (χ0) is 23.4. The number of carbonyl (C=O) groups is 1. The summed E-state index contributed by atoms with van der Waals surface area (Å²) < 4.78 is 24.4. The molecule has 31 heavy (non-hydrogen) atoms. The monoisotopic (exact) mass is 477 g/mol. The lowest BCUT2D eigenvalue weighted by Crippen LogP contribution is -2.44. The molecule has 0 bridgehead atoms. The second-order valence-corrected chi connectivity index (χ2v) is 10.8. The summed E-state index contributed by atoms with van der Waals surface area (Å²) in [6, 6.07) is 8.52. The molecule has 0 aliphatic heterocycles. The predicted octanol–water partition coefficient (Wildman–Crippen LogP) is -0.985. The van der Waals surface area contributed by atoms with E-state index in [1.54, 1.807) is 12.1 Å². The van der Waals surface area contributed by atoms with Gasteiger partial charge in [0.05, 0.1) is 12.1 Å². The number of nitrogens with zero attached hydrogens (tertiary/aromatic N) is 1. The second kappa shape index (κ2) is 9.56. The maximum Gasteiger partial charge on any atom is 0.369 e. The zero-order valence-electron chi connectivity index (χ0n) is 16.0. The van der Waals surface area contributed by atoms with Gasteiger partial charge in [0.2, 0.25) is 0 Å². The standard InChI is InChI=1S/C17H22N2O10P2/c20-13(9-18-16(22)14-5-1-2-6-15(14)21)11-19-7-3-4-12(10-19)8-17(23,30(24,25)26)31(27,28)29/h1-7,10,13,20,23H,8-9,11H2,(H5-,18,21,22,24,25,26,27,28,29)/p+1. The Hall–Kier alpha value is -2.14. The van der Waals surface area contributed by atoms with Crippen LogP contribution in [-0.2, 0) is 22.1 Å². The number of pyridine rings is 1. The summed E-state index contributed by atoms with van der Waals surface area (Å²) >= 11 is 0. The van der Waals surface area contributed by atoms with Gasteiger partial charge in [-0.2, -0.15) is 0 Å². The van der Waals surface area contributed by atoms with Crippen molar-refractivity contribution in [1.82, 2.24) is 5.32 Å². The first-order chi connectivity index (χ1) is 14.2. The Balaban J connectivity index is 2.06. The Bertz CT molecular complexity index is 1010. The number of rotatable bonds is 9. The van der Waals surface area contributed by atoms with Crippen molar-refractivity contribution >= 4 is 21.1 Å². The van der Waals surface area contributed by atoms with E-state index in [1.165, 1.54) is 41.2 Å². The third-order valence-corrected chi connectivity index (χ3v) is 8.11. The highest BCUT2D eigenvalue weighted by molar-refractivity contribution is 7.72. The Morgan fingerprint density at radius 2 is 1.68 bits per heavy atom. The fraction of sp³-hybridized carbons (Fsp3) is 0.294. The third-order valence-electron chi connectivity index (χ3n) is 4.36. The summed E-state index contributed by atoms with van der Waals surface area (Å²) in [6.45, 7) is -0.293. The highest BCUT2D eigenvalue weighted by Crippen LogP contribution is 2.68. The predicted molar refractivity (Wildman–Crippen MR) is 106 cm³/mol. The highest BCUT2D eigenvalue weighted by Gasteiger charge is 2.59. The lowest BCUT2D eigenvalue weighted by molar-refractivity contribution is -0.703. The van der Waals surface area contributed by atoms with Gasteiger partial charge in [-0.15, -0.1) is 0 Å². The van der Waals surface area contributed by atoms with Crippen molar-refractivity contribution in [2.24, 2.45) is 0 Å². The average Bonchev–Trinajstić information content (AvgIpc) is 2.65. The largest absolute Gasteiger partial charge is 0.507 e. The van der Waals surface area contributed by atoms with E-state index >= 15 is 0 Å². The minimum atomic E-state index is -5.61. The number of phenolic OH excluding ortho intramolecular Hbond substituents is 1. The molecule has 8 N–H and O–H groups in total. The molecule has 14 heteroatoms.